The van der Waals surface area contributed by atoms with Gasteiger partial charge in [0.25, 0.3) is 0 Å². The molecule has 1 aliphatic heterocycles. The lowest BCUT2D eigenvalue weighted by Crippen LogP contribution is -2.26. The summed E-state index contributed by atoms with van der Waals surface area (Å²) < 4.78 is 1.23. The van der Waals surface area contributed by atoms with Gasteiger partial charge in [0.2, 0.25) is 0 Å². The van der Waals surface area contributed by atoms with Crippen molar-refractivity contribution in [2.45, 2.75) is 47.1 Å². The summed E-state index contributed by atoms with van der Waals surface area (Å²) in [6, 6.07) is 6.80. The van der Waals surface area contributed by atoms with E-state index >= 15 is 0 Å². The Balaban J connectivity index is 2.01. The molecule has 2 rings (SSSR count). The fraction of sp³-hybridized carbons (Fsp3) is 0.667. The minimum absolute atomic E-state index is 0.408. The number of nitrogens with zero attached hydrogens (tertiary/aromatic N) is 1. The van der Waals surface area contributed by atoms with Gasteiger partial charge in [-0.05, 0) is 64.3 Å². The summed E-state index contributed by atoms with van der Waals surface area (Å²) in [7, 11) is 0. The van der Waals surface area contributed by atoms with Gasteiger partial charge >= 0.3 is 0 Å². The summed E-state index contributed by atoms with van der Waals surface area (Å²) >= 11 is 3.77. The minimum Gasteiger partial charge on any atom is -0.370 e. The van der Waals surface area contributed by atoms with Crippen LogP contribution in [0.2, 0.25) is 0 Å². The van der Waals surface area contributed by atoms with Gasteiger partial charge in [-0.1, -0.05) is 33.8 Å². The molecule has 1 aromatic carbocycles. The summed E-state index contributed by atoms with van der Waals surface area (Å²) in [6.45, 7) is 13.7. The molecular formula is C18H29BrN2. The number of nitrogens with one attached hydrogen (secondary N) is 1. The number of hydrogen-bond donors (Lipinski definition) is 1. The zero-order valence-corrected chi connectivity index (χ0v) is 15.5. The summed E-state index contributed by atoms with van der Waals surface area (Å²) in [5, 5.41) is 3.46. The third-order valence-electron chi connectivity index (χ3n) is 4.52. The number of anilines is 1. The Morgan fingerprint density at radius 3 is 2.67 bits per heavy atom. The molecule has 1 N–H and O–H groups in total. The average Bonchev–Trinajstić information content (AvgIpc) is 2.88. The first-order valence-electron chi connectivity index (χ1n) is 8.16. The van der Waals surface area contributed by atoms with Crippen LogP contribution in [-0.2, 0) is 6.54 Å². The van der Waals surface area contributed by atoms with Gasteiger partial charge in [0, 0.05) is 24.1 Å². The van der Waals surface area contributed by atoms with Crippen LogP contribution in [0.4, 0.5) is 5.69 Å². The molecule has 1 aromatic rings. The van der Waals surface area contributed by atoms with Crippen LogP contribution in [0.25, 0.3) is 0 Å². The summed E-state index contributed by atoms with van der Waals surface area (Å²) in [6.07, 6.45) is 2.48. The van der Waals surface area contributed by atoms with E-state index in [0.29, 0.717) is 5.41 Å². The van der Waals surface area contributed by atoms with Gasteiger partial charge in [-0.15, -0.1) is 0 Å². The molecule has 1 saturated heterocycles. The van der Waals surface area contributed by atoms with Crippen molar-refractivity contribution in [3.8, 4) is 0 Å². The third-order valence-corrected chi connectivity index (χ3v) is 5.16. The van der Waals surface area contributed by atoms with Gasteiger partial charge in [0.1, 0.15) is 0 Å². The van der Waals surface area contributed by atoms with Crippen molar-refractivity contribution < 1.29 is 0 Å². The first-order chi connectivity index (χ1) is 9.91. The highest BCUT2D eigenvalue weighted by atomic mass is 79.9. The maximum absolute atomic E-state index is 3.77. The Hall–Kier alpha value is -0.540. The van der Waals surface area contributed by atoms with E-state index < -0.39 is 0 Å². The average molecular weight is 353 g/mol. The number of benzene rings is 1. The first-order valence-corrected chi connectivity index (χ1v) is 8.95. The molecule has 2 nitrogen and oxygen atoms in total. The van der Waals surface area contributed by atoms with E-state index in [2.05, 4.69) is 72.0 Å². The standard InChI is InChI=1S/C18H29BrN2/c1-5-9-20-12-14-6-7-17(16(19)11-14)21-10-8-15(13-21)18(2,3)4/h6-7,11,15,20H,5,8-10,12-13H2,1-4H3. The van der Waals surface area contributed by atoms with E-state index in [9.17, 15) is 0 Å². The third kappa shape index (κ3) is 4.46. The van der Waals surface area contributed by atoms with Crippen LogP contribution >= 0.6 is 15.9 Å². The lowest BCUT2D eigenvalue weighted by atomic mass is 9.80. The molecule has 1 fully saturated rings. The molecule has 0 spiro atoms. The zero-order chi connectivity index (χ0) is 15.5. The highest BCUT2D eigenvalue weighted by molar-refractivity contribution is 9.10. The van der Waals surface area contributed by atoms with Crippen molar-refractivity contribution in [3.05, 3.63) is 28.2 Å². The van der Waals surface area contributed by atoms with E-state index in [0.717, 1.165) is 19.0 Å². The second kappa shape index (κ2) is 7.15. The van der Waals surface area contributed by atoms with Gasteiger partial charge < -0.3 is 10.2 Å². The Morgan fingerprint density at radius 2 is 2.10 bits per heavy atom. The Kier molecular flexibility index (Phi) is 5.73. The maximum atomic E-state index is 3.77. The summed E-state index contributed by atoms with van der Waals surface area (Å²) in [5.74, 6) is 0.787. The number of rotatable bonds is 5. The van der Waals surface area contributed by atoms with Crippen molar-refractivity contribution in [1.82, 2.24) is 5.32 Å². The van der Waals surface area contributed by atoms with E-state index in [1.807, 2.05) is 0 Å². The molecule has 0 aliphatic carbocycles. The molecule has 1 unspecified atom stereocenters. The van der Waals surface area contributed by atoms with Crippen LogP contribution in [0.3, 0.4) is 0 Å². The molecule has 0 saturated carbocycles. The molecule has 1 aliphatic rings. The largest absolute Gasteiger partial charge is 0.370 e. The first kappa shape index (κ1) is 16.8. The van der Waals surface area contributed by atoms with Gasteiger partial charge in [-0.3, -0.25) is 0 Å². The normalized spacial score (nSPS) is 19.3. The van der Waals surface area contributed by atoms with E-state index in [-0.39, 0.29) is 0 Å². The molecule has 0 bridgehead atoms. The van der Waals surface area contributed by atoms with Gasteiger partial charge in [-0.2, -0.15) is 0 Å². The molecular weight excluding hydrogens is 324 g/mol. The lowest BCUT2D eigenvalue weighted by Gasteiger charge is -2.28. The summed E-state index contributed by atoms with van der Waals surface area (Å²) in [5.41, 5.74) is 3.11. The van der Waals surface area contributed by atoms with Crippen molar-refractivity contribution >= 4 is 21.6 Å². The van der Waals surface area contributed by atoms with Crippen LogP contribution < -0.4 is 10.2 Å². The molecule has 118 valence electrons. The van der Waals surface area contributed by atoms with Gasteiger partial charge in [0.15, 0.2) is 0 Å². The molecule has 1 heterocycles. The molecule has 21 heavy (non-hydrogen) atoms. The summed E-state index contributed by atoms with van der Waals surface area (Å²) in [4.78, 5) is 2.53. The Labute approximate surface area is 138 Å². The zero-order valence-electron chi connectivity index (χ0n) is 13.9. The second-order valence-corrected chi connectivity index (χ2v) is 8.11. The smallest absolute Gasteiger partial charge is 0.0510 e. The van der Waals surface area contributed by atoms with Crippen LogP contribution in [0, 0.1) is 11.3 Å². The predicted octanol–water partition coefficient (Wildman–Crippen LogP) is 4.82. The monoisotopic (exact) mass is 352 g/mol. The van der Waals surface area contributed by atoms with Gasteiger partial charge in [0.05, 0.1) is 5.69 Å². The fourth-order valence-corrected chi connectivity index (χ4v) is 3.69. The molecule has 0 aromatic heterocycles. The quantitative estimate of drug-likeness (QED) is 0.764. The van der Waals surface area contributed by atoms with E-state index in [1.165, 1.54) is 41.7 Å². The predicted molar refractivity (Wildman–Crippen MR) is 95.9 cm³/mol. The Bertz CT molecular complexity index is 465. The fourth-order valence-electron chi connectivity index (χ4n) is 3.01. The Morgan fingerprint density at radius 1 is 1.33 bits per heavy atom. The van der Waals surface area contributed by atoms with E-state index in [4.69, 9.17) is 0 Å². The van der Waals surface area contributed by atoms with Crippen LogP contribution in [0.15, 0.2) is 22.7 Å². The van der Waals surface area contributed by atoms with Crippen LogP contribution in [0.1, 0.15) is 46.1 Å². The van der Waals surface area contributed by atoms with Crippen LogP contribution in [-0.4, -0.2) is 19.6 Å². The van der Waals surface area contributed by atoms with Crippen molar-refractivity contribution in [1.29, 1.82) is 0 Å². The second-order valence-electron chi connectivity index (χ2n) is 7.26. The lowest BCUT2D eigenvalue weighted by molar-refractivity contribution is 0.263. The van der Waals surface area contributed by atoms with Gasteiger partial charge in [-0.25, -0.2) is 0 Å². The minimum atomic E-state index is 0.408. The topological polar surface area (TPSA) is 15.3 Å². The molecule has 0 amide bonds. The van der Waals surface area contributed by atoms with Crippen molar-refractivity contribution in [2.75, 3.05) is 24.5 Å². The van der Waals surface area contributed by atoms with E-state index in [1.54, 1.807) is 0 Å². The highest BCUT2D eigenvalue weighted by Crippen LogP contribution is 2.38. The number of halogens is 1. The van der Waals surface area contributed by atoms with Crippen LogP contribution in [0.5, 0.6) is 0 Å². The van der Waals surface area contributed by atoms with Crippen molar-refractivity contribution in [2.24, 2.45) is 11.3 Å². The maximum Gasteiger partial charge on any atom is 0.0510 e. The number of hydrogen-bond acceptors (Lipinski definition) is 2. The molecule has 3 heteroatoms. The highest BCUT2D eigenvalue weighted by Gasteiger charge is 2.32. The van der Waals surface area contributed by atoms with Crippen molar-refractivity contribution in [3.63, 3.8) is 0 Å². The SMILES string of the molecule is CCCNCc1ccc(N2CCC(C(C)(C)C)C2)c(Br)c1. The molecule has 1 atom stereocenters. The molecule has 0 radical (unpaired) electrons.